The van der Waals surface area contributed by atoms with Crippen molar-refractivity contribution in [3.63, 3.8) is 0 Å². The van der Waals surface area contributed by atoms with E-state index in [4.69, 9.17) is 21.1 Å². The lowest BCUT2D eigenvalue weighted by molar-refractivity contribution is -0.115. The number of hydrogen-bond acceptors (Lipinski definition) is 4. The van der Waals surface area contributed by atoms with E-state index in [2.05, 4.69) is 29.3 Å². The molecule has 2 heterocycles. The second-order valence-corrected chi connectivity index (χ2v) is 7.62. The van der Waals surface area contributed by atoms with Crippen LogP contribution in [0, 0.1) is 5.92 Å². The Morgan fingerprint density at radius 2 is 2.00 bits per heavy atom. The molecule has 4 rings (SSSR count). The Labute approximate surface area is 164 Å². The number of hydrogen-bond donors (Lipinski definition) is 1. The van der Waals surface area contributed by atoms with Gasteiger partial charge in [-0.2, -0.15) is 0 Å². The lowest BCUT2D eigenvalue weighted by Crippen LogP contribution is -2.19. The van der Waals surface area contributed by atoms with E-state index in [-0.39, 0.29) is 12.3 Å². The van der Waals surface area contributed by atoms with E-state index in [1.807, 2.05) is 18.2 Å². The zero-order valence-corrected chi connectivity index (χ0v) is 16.1. The summed E-state index contributed by atoms with van der Waals surface area (Å²) in [5.74, 6) is 1.80. The molecule has 0 spiro atoms. The number of amides is 1. The normalized spacial score (nSPS) is 18.4. The molecule has 2 aromatic carbocycles. The molecule has 0 radical (unpaired) electrons. The standard InChI is InChI=1S/C21H23ClN2O3/c1-14-6-7-24(13-14)17-4-2-16(3-5-17)23-20(25)12-15-10-18(22)21-19(11-15)26-8-9-27-21/h2-5,10-11,14H,6-9,12-13H2,1H3,(H,23,25). The second kappa shape index (κ2) is 7.69. The maximum absolute atomic E-state index is 12.4. The number of nitrogens with zero attached hydrogens (tertiary/aromatic N) is 1. The average molecular weight is 387 g/mol. The van der Waals surface area contributed by atoms with Crippen molar-refractivity contribution in [3.05, 3.63) is 47.0 Å². The van der Waals surface area contributed by atoms with E-state index >= 15 is 0 Å². The minimum atomic E-state index is -0.0923. The third-order valence-electron chi connectivity index (χ3n) is 4.96. The number of anilines is 2. The minimum absolute atomic E-state index is 0.0923. The monoisotopic (exact) mass is 386 g/mol. The van der Waals surface area contributed by atoms with Crippen LogP contribution < -0.4 is 19.7 Å². The summed E-state index contributed by atoms with van der Waals surface area (Å²) in [4.78, 5) is 14.8. The number of nitrogens with one attached hydrogen (secondary N) is 1. The van der Waals surface area contributed by atoms with Crippen LogP contribution in [0.5, 0.6) is 11.5 Å². The van der Waals surface area contributed by atoms with E-state index < -0.39 is 0 Å². The third kappa shape index (κ3) is 4.14. The SMILES string of the molecule is CC1CCN(c2ccc(NC(=O)Cc3cc(Cl)c4c(c3)OCCO4)cc2)C1. The lowest BCUT2D eigenvalue weighted by Gasteiger charge is -2.20. The summed E-state index contributed by atoms with van der Waals surface area (Å²) >= 11 is 6.24. The van der Waals surface area contributed by atoms with Gasteiger partial charge in [-0.1, -0.05) is 18.5 Å². The van der Waals surface area contributed by atoms with Crippen LogP contribution in [0.3, 0.4) is 0 Å². The summed E-state index contributed by atoms with van der Waals surface area (Å²) in [6.07, 6.45) is 1.46. The Kier molecular flexibility index (Phi) is 5.12. The second-order valence-electron chi connectivity index (χ2n) is 7.21. The molecule has 2 aliphatic rings. The highest BCUT2D eigenvalue weighted by Crippen LogP contribution is 2.38. The number of rotatable bonds is 4. The Bertz CT molecular complexity index is 838. The Hall–Kier alpha value is -2.40. The predicted octanol–water partition coefficient (Wildman–Crippen LogP) is 4.14. The first kappa shape index (κ1) is 18.0. The van der Waals surface area contributed by atoms with Gasteiger partial charge in [-0.3, -0.25) is 4.79 Å². The molecule has 0 bridgehead atoms. The molecule has 1 saturated heterocycles. The summed E-state index contributed by atoms with van der Waals surface area (Å²) < 4.78 is 11.1. The first-order valence-electron chi connectivity index (χ1n) is 9.31. The van der Waals surface area contributed by atoms with Crippen molar-refractivity contribution in [3.8, 4) is 11.5 Å². The zero-order valence-electron chi connectivity index (χ0n) is 15.3. The molecule has 0 saturated carbocycles. The van der Waals surface area contributed by atoms with Gasteiger partial charge in [0.25, 0.3) is 0 Å². The maximum atomic E-state index is 12.4. The number of carbonyl (C=O) groups excluding carboxylic acids is 1. The quantitative estimate of drug-likeness (QED) is 0.858. The summed E-state index contributed by atoms with van der Waals surface area (Å²) in [7, 11) is 0. The van der Waals surface area contributed by atoms with Crippen molar-refractivity contribution in [1.82, 2.24) is 0 Å². The van der Waals surface area contributed by atoms with Gasteiger partial charge in [-0.05, 0) is 54.3 Å². The van der Waals surface area contributed by atoms with Crippen molar-refractivity contribution in [2.75, 3.05) is 36.5 Å². The fraction of sp³-hybridized carbons (Fsp3) is 0.381. The molecule has 0 aromatic heterocycles. The number of fused-ring (bicyclic) bond motifs is 1. The molecule has 1 fully saturated rings. The van der Waals surface area contributed by atoms with E-state index in [0.717, 1.165) is 30.3 Å². The van der Waals surface area contributed by atoms with Gasteiger partial charge in [-0.15, -0.1) is 0 Å². The van der Waals surface area contributed by atoms with Crippen molar-refractivity contribution in [2.45, 2.75) is 19.8 Å². The van der Waals surface area contributed by atoms with Gasteiger partial charge < -0.3 is 19.7 Å². The lowest BCUT2D eigenvalue weighted by atomic mass is 10.1. The van der Waals surface area contributed by atoms with Gasteiger partial charge in [-0.25, -0.2) is 0 Å². The molecule has 142 valence electrons. The van der Waals surface area contributed by atoms with E-state index in [1.54, 1.807) is 6.07 Å². The van der Waals surface area contributed by atoms with Crippen LogP contribution in [0.25, 0.3) is 0 Å². The Morgan fingerprint density at radius 1 is 1.22 bits per heavy atom. The molecule has 2 aliphatic heterocycles. The average Bonchev–Trinajstić information content (AvgIpc) is 3.09. The van der Waals surface area contributed by atoms with Gasteiger partial charge >= 0.3 is 0 Å². The summed E-state index contributed by atoms with van der Waals surface area (Å²) in [5.41, 5.74) is 2.79. The first-order chi connectivity index (χ1) is 13.1. The van der Waals surface area contributed by atoms with E-state index in [1.165, 1.54) is 12.1 Å². The molecule has 1 atom stereocenters. The highest BCUT2D eigenvalue weighted by Gasteiger charge is 2.19. The number of halogens is 1. The van der Waals surface area contributed by atoms with Crippen LogP contribution in [0.4, 0.5) is 11.4 Å². The van der Waals surface area contributed by atoms with Gasteiger partial charge in [0.15, 0.2) is 11.5 Å². The summed E-state index contributed by atoms with van der Waals surface area (Å²) in [5, 5.41) is 3.42. The molecule has 0 aliphatic carbocycles. The molecule has 2 aromatic rings. The molecule has 1 N–H and O–H groups in total. The predicted molar refractivity (Wildman–Crippen MR) is 107 cm³/mol. The summed E-state index contributed by atoms with van der Waals surface area (Å²) in [6.45, 7) is 5.44. The third-order valence-corrected chi connectivity index (χ3v) is 5.24. The van der Waals surface area contributed by atoms with Gasteiger partial charge in [0.2, 0.25) is 5.91 Å². The Morgan fingerprint density at radius 3 is 2.74 bits per heavy atom. The molecule has 6 heteroatoms. The molecule has 1 amide bonds. The van der Waals surface area contributed by atoms with E-state index in [0.29, 0.717) is 29.7 Å². The number of benzene rings is 2. The largest absolute Gasteiger partial charge is 0.486 e. The Balaban J connectivity index is 1.39. The highest BCUT2D eigenvalue weighted by molar-refractivity contribution is 6.32. The number of carbonyl (C=O) groups is 1. The fourth-order valence-electron chi connectivity index (χ4n) is 3.58. The highest BCUT2D eigenvalue weighted by atomic mass is 35.5. The van der Waals surface area contributed by atoms with Crippen molar-refractivity contribution in [1.29, 1.82) is 0 Å². The van der Waals surface area contributed by atoms with Crippen LogP contribution in [-0.4, -0.2) is 32.2 Å². The van der Waals surface area contributed by atoms with E-state index in [9.17, 15) is 4.79 Å². The fourth-order valence-corrected chi connectivity index (χ4v) is 3.87. The maximum Gasteiger partial charge on any atom is 0.228 e. The first-order valence-corrected chi connectivity index (χ1v) is 9.69. The number of ether oxygens (including phenoxy) is 2. The van der Waals surface area contributed by atoms with Crippen LogP contribution in [-0.2, 0) is 11.2 Å². The minimum Gasteiger partial charge on any atom is -0.486 e. The van der Waals surface area contributed by atoms with Crippen LogP contribution in [0.15, 0.2) is 36.4 Å². The molecule has 1 unspecified atom stereocenters. The smallest absolute Gasteiger partial charge is 0.228 e. The summed E-state index contributed by atoms with van der Waals surface area (Å²) in [6, 6.07) is 11.6. The molecular weight excluding hydrogens is 364 g/mol. The van der Waals surface area contributed by atoms with Crippen LogP contribution in [0.1, 0.15) is 18.9 Å². The molecule has 5 nitrogen and oxygen atoms in total. The molecular formula is C21H23ClN2O3. The van der Waals surface area contributed by atoms with Gasteiger partial charge in [0.1, 0.15) is 13.2 Å². The van der Waals surface area contributed by atoms with Crippen LogP contribution >= 0.6 is 11.6 Å². The van der Waals surface area contributed by atoms with Gasteiger partial charge in [0.05, 0.1) is 11.4 Å². The topological polar surface area (TPSA) is 50.8 Å². The van der Waals surface area contributed by atoms with Gasteiger partial charge in [0, 0.05) is 24.5 Å². The molecule has 27 heavy (non-hydrogen) atoms. The van der Waals surface area contributed by atoms with Crippen molar-refractivity contribution < 1.29 is 14.3 Å². The van der Waals surface area contributed by atoms with Crippen molar-refractivity contribution >= 4 is 28.9 Å². The van der Waals surface area contributed by atoms with Crippen LogP contribution in [0.2, 0.25) is 5.02 Å². The zero-order chi connectivity index (χ0) is 18.8. The van der Waals surface area contributed by atoms with Crippen molar-refractivity contribution in [2.24, 2.45) is 5.92 Å².